The summed E-state index contributed by atoms with van der Waals surface area (Å²) in [6.07, 6.45) is -5.37. The third-order valence-electron chi connectivity index (χ3n) is 3.96. The standard InChI is InChI=1S/C18H13F5O/c1-2-10-3-5-13(14(19)7-10)12-8-11-4-6-16(18(21,22)23)24-17(11)15(20)9-12/h2-3,5,7-9,16H,1,4,6H2. The summed E-state index contributed by atoms with van der Waals surface area (Å²) in [7, 11) is 0. The van der Waals surface area contributed by atoms with Gasteiger partial charge in [-0.2, -0.15) is 13.2 Å². The van der Waals surface area contributed by atoms with Crippen molar-refractivity contribution in [2.75, 3.05) is 0 Å². The van der Waals surface area contributed by atoms with Gasteiger partial charge in [0.05, 0.1) is 0 Å². The van der Waals surface area contributed by atoms with Crippen LogP contribution in [0.4, 0.5) is 22.0 Å². The average Bonchev–Trinajstić information content (AvgIpc) is 2.53. The summed E-state index contributed by atoms with van der Waals surface area (Å²) < 4.78 is 71.3. The molecule has 126 valence electrons. The molecule has 1 heterocycles. The molecular weight excluding hydrogens is 327 g/mol. The lowest BCUT2D eigenvalue weighted by Crippen LogP contribution is -2.37. The van der Waals surface area contributed by atoms with Crippen LogP contribution in [0.3, 0.4) is 0 Å². The molecule has 3 rings (SSSR count). The van der Waals surface area contributed by atoms with Gasteiger partial charge in [0.2, 0.25) is 0 Å². The predicted molar refractivity (Wildman–Crippen MR) is 80.7 cm³/mol. The fourth-order valence-corrected chi connectivity index (χ4v) is 2.73. The average molecular weight is 340 g/mol. The fraction of sp³-hybridized carbons (Fsp3) is 0.222. The maximum Gasteiger partial charge on any atom is 0.425 e. The Hall–Kier alpha value is -2.37. The van der Waals surface area contributed by atoms with Gasteiger partial charge in [-0.05, 0) is 47.7 Å². The third-order valence-corrected chi connectivity index (χ3v) is 3.96. The molecular formula is C18H13F5O. The van der Waals surface area contributed by atoms with Crippen molar-refractivity contribution in [2.24, 2.45) is 0 Å². The van der Waals surface area contributed by atoms with E-state index in [-0.39, 0.29) is 24.0 Å². The Labute approximate surface area is 135 Å². The third kappa shape index (κ3) is 3.00. The SMILES string of the molecule is C=Cc1ccc(-c2cc(F)c3c(c2)CCC(C(F)(F)F)O3)c(F)c1. The summed E-state index contributed by atoms with van der Waals surface area (Å²) in [6.45, 7) is 3.54. The van der Waals surface area contributed by atoms with E-state index < -0.39 is 29.7 Å². The Morgan fingerprint density at radius 2 is 1.83 bits per heavy atom. The number of fused-ring (bicyclic) bond motifs is 1. The minimum Gasteiger partial charge on any atom is -0.478 e. The van der Waals surface area contributed by atoms with Crippen LogP contribution < -0.4 is 4.74 Å². The first kappa shape index (κ1) is 16.5. The van der Waals surface area contributed by atoms with Crippen molar-refractivity contribution in [2.45, 2.75) is 25.1 Å². The van der Waals surface area contributed by atoms with Crippen molar-refractivity contribution < 1.29 is 26.7 Å². The van der Waals surface area contributed by atoms with Crippen molar-refractivity contribution in [3.8, 4) is 16.9 Å². The van der Waals surface area contributed by atoms with Crippen LogP contribution in [-0.2, 0) is 6.42 Å². The molecule has 24 heavy (non-hydrogen) atoms. The van der Waals surface area contributed by atoms with Crippen LogP contribution in [0.15, 0.2) is 36.9 Å². The lowest BCUT2D eigenvalue weighted by atomic mass is 9.95. The van der Waals surface area contributed by atoms with E-state index in [1.165, 1.54) is 24.3 Å². The van der Waals surface area contributed by atoms with Crippen molar-refractivity contribution in [1.82, 2.24) is 0 Å². The molecule has 1 atom stereocenters. The van der Waals surface area contributed by atoms with Gasteiger partial charge in [-0.15, -0.1) is 0 Å². The molecule has 0 fully saturated rings. The van der Waals surface area contributed by atoms with Crippen molar-refractivity contribution in [3.05, 3.63) is 59.7 Å². The summed E-state index contributed by atoms with van der Waals surface area (Å²) in [6, 6.07) is 6.82. The number of hydrogen-bond acceptors (Lipinski definition) is 1. The van der Waals surface area contributed by atoms with Crippen LogP contribution in [0.5, 0.6) is 5.75 Å². The molecule has 2 aromatic carbocycles. The number of hydrogen-bond donors (Lipinski definition) is 0. The summed E-state index contributed by atoms with van der Waals surface area (Å²) >= 11 is 0. The van der Waals surface area contributed by atoms with E-state index in [4.69, 9.17) is 4.74 Å². The Morgan fingerprint density at radius 1 is 1.08 bits per heavy atom. The first-order valence-corrected chi connectivity index (χ1v) is 7.27. The predicted octanol–water partition coefficient (Wildman–Crippen LogP) is 5.53. The molecule has 0 N–H and O–H groups in total. The fourth-order valence-electron chi connectivity index (χ4n) is 2.73. The maximum atomic E-state index is 14.2. The molecule has 6 heteroatoms. The van der Waals surface area contributed by atoms with E-state index in [0.717, 1.165) is 6.07 Å². The Morgan fingerprint density at radius 3 is 2.46 bits per heavy atom. The maximum absolute atomic E-state index is 14.2. The highest BCUT2D eigenvalue weighted by Gasteiger charge is 2.44. The molecule has 1 nitrogen and oxygen atoms in total. The van der Waals surface area contributed by atoms with Gasteiger partial charge in [-0.3, -0.25) is 0 Å². The zero-order chi connectivity index (χ0) is 17.5. The van der Waals surface area contributed by atoms with Crippen molar-refractivity contribution in [3.63, 3.8) is 0 Å². The van der Waals surface area contributed by atoms with E-state index in [0.29, 0.717) is 11.1 Å². The Kier molecular flexibility index (Phi) is 4.07. The van der Waals surface area contributed by atoms with Gasteiger partial charge in [0.25, 0.3) is 0 Å². The second-order valence-corrected chi connectivity index (χ2v) is 5.58. The number of ether oxygens (including phenoxy) is 1. The summed E-state index contributed by atoms with van der Waals surface area (Å²) in [4.78, 5) is 0. The van der Waals surface area contributed by atoms with Crippen LogP contribution in [-0.4, -0.2) is 12.3 Å². The summed E-state index contributed by atoms with van der Waals surface area (Å²) in [5.74, 6) is -1.89. The minimum atomic E-state index is -4.55. The number of aryl methyl sites for hydroxylation is 1. The largest absolute Gasteiger partial charge is 0.478 e. The second-order valence-electron chi connectivity index (χ2n) is 5.58. The van der Waals surface area contributed by atoms with Gasteiger partial charge in [0, 0.05) is 5.56 Å². The van der Waals surface area contributed by atoms with Crippen LogP contribution >= 0.6 is 0 Å². The Balaban J connectivity index is 2.00. The first-order valence-electron chi connectivity index (χ1n) is 7.27. The number of benzene rings is 2. The highest BCUT2D eigenvalue weighted by molar-refractivity contribution is 5.68. The number of rotatable bonds is 2. The van der Waals surface area contributed by atoms with Gasteiger partial charge in [0.1, 0.15) is 5.82 Å². The van der Waals surface area contributed by atoms with Gasteiger partial charge in [0.15, 0.2) is 17.7 Å². The van der Waals surface area contributed by atoms with Crippen LogP contribution in [0.25, 0.3) is 17.2 Å². The lowest BCUT2D eigenvalue weighted by molar-refractivity contribution is -0.199. The molecule has 0 saturated heterocycles. The van der Waals surface area contributed by atoms with Gasteiger partial charge >= 0.3 is 6.18 Å². The van der Waals surface area contributed by atoms with Gasteiger partial charge in [-0.1, -0.05) is 24.8 Å². The molecule has 1 aliphatic rings. The molecule has 1 aliphatic heterocycles. The second kappa shape index (κ2) is 5.92. The van der Waals surface area contributed by atoms with Crippen molar-refractivity contribution in [1.29, 1.82) is 0 Å². The quantitative estimate of drug-likeness (QED) is 0.653. The molecule has 0 spiro atoms. The molecule has 1 unspecified atom stereocenters. The first-order chi connectivity index (χ1) is 11.3. The molecule has 0 aliphatic carbocycles. The molecule has 0 radical (unpaired) electrons. The summed E-state index contributed by atoms with van der Waals surface area (Å²) in [5, 5.41) is 0. The smallest absolute Gasteiger partial charge is 0.425 e. The minimum absolute atomic E-state index is 0.0105. The summed E-state index contributed by atoms with van der Waals surface area (Å²) in [5.41, 5.74) is 1.30. The van der Waals surface area contributed by atoms with E-state index in [9.17, 15) is 22.0 Å². The van der Waals surface area contributed by atoms with Gasteiger partial charge < -0.3 is 4.74 Å². The van der Waals surface area contributed by atoms with Crippen LogP contribution in [0, 0.1) is 11.6 Å². The zero-order valence-electron chi connectivity index (χ0n) is 12.5. The normalized spacial score (nSPS) is 17.1. The van der Waals surface area contributed by atoms with E-state index in [1.54, 1.807) is 6.07 Å². The zero-order valence-corrected chi connectivity index (χ0v) is 12.5. The number of alkyl halides is 3. The van der Waals surface area contributed by atoms with E-state index >= 15 is 0 Å². The lowest BCUT2D eigenvalue weighted by Gasteiger charge is -2.28. The Bertz CT molecular complexity index is 795. The molecule has 0 saturated carbocycles. The van der Waals surface area contributed by atoms with Gasteiger partial charge in [-0.25, -0.2) is 8.78 Å². The van der Waals surface area contributed by atoms with Crippen LogP contribution in [0.2, 0.25) is 0 Å². The topological polar surface area (TPSA) is 9.23 Å². The number of halogens is 5. The molecule has 0 aromatic heterocycles. The monoisotopic (exact) mass is 340 g/mol. The highest BCUT2D eigenvalue weighted by Crippen LogP contribution is 2.39. The molecule has 0 bridgehead atoms. The van der Waals surface area contributed by atoms with Crippen molar-refractivity contribution >= 4 is 6.08 Å². The highest BCUT2D eigenvalue weighted by atomic mass is 19.4. The van der Waals surface area contributed by atoms with Crippen LogP contribution in [0.1, 0.15) is 17.5 Å². The van der Waals surface area contributed by atoms with E-state index in [1.807, 2.05) is 0 Å². The molecule has 2 aromatic rings. The molecule has 0 amide bonds. The van der Waals surface area contributed by atoms with E-state index in [2.05, 4.69) is 6.58 Å².